The van der Waals surface area contributed by atoms with Gasteiger partial charge in [-0.25, -0.2) is 4.57 Å². The first-order valence-electron chi connectivity index (χ1n) is 22.1. The number of hydrogen-bond acceptors (Lipinski definition) is 7. The van der Waals surface area contributed by atoms with Gasteiger partial charge in [0.05, 0.1) is 19.8 Å². The molecule has 0 aromatic heterocycles. The number of esters is 1. The van der Waals surface area contributed by atoms with Gasteiger partial charge in [0.2, 0.25) is 0 Å². The zero-order valence-electron chi connectivity index (χ0n) is 35.0. The molecule has 0 saturated heterocycles. The van der Waals surface area contributed by atoms with E-state index in [4.69, 9.17) is 24.3 Å². The third-order valence-electron chi connectivity index (χ3n) is 9.26. The number of nitrogens with two attached hydrogens (primary N) is 1. The highest BCUT2D eigenvalue weighted by Crippen LogP contribution is 2.43. The van der Waals surface area contributed by atoms with E-state index in [-0.39, 0.29) is 32.8 Å². The van der Waals surface area contributed by atoms with Crippen molar-refractivity contribution in [2.75, 3.05) is 33.0 Å². The van der Waals surface area contributed by atoms with E-state index >= 15 is 0 Å². The summed E-state index contributed by atoms with van der Waals surface area (Å²) >= 11 is 0. The van der Waals surface area contributed by atoms with Crippen LogP contribution in [-0.2, 0) is 27.9 Å². The average Bonchev–Trinajstić information content (AvgIpc) is 3.16. The molecule has 0 heterocycles. The minimum absolute atomic E-state index is 0.0892. The Bertz CT molecular complexity index is 968. The van der Waals surface area contributed by atoms with Crippen molar-refractivity contribution in [1.29, 1.82) is 0 Å². The maximum absolute atomic E-state index is 12.6. The first kappa shape index (κ1) is 52.5. The smallest absolute Gasteiger partial charge is 0.457 e. The molecule has 0 radical (unpaired) electrons. The molecule has 0 saturated carbocycles. The summed E-state index contributed by atoms with van der Waals surface area (Å²) in [5.74, 6) is -0.406. The van der Waals surface area contributed by atoms with Gasteiger partial charge >= 0.3 is 13.8 Å². The number of allylic oxidation sites excluding steroid dienone is 8. The van der Waals surface area contributed by atoms with E-state index in [1.165, 1.54) is 135 Å². The van der Waals surface area contributed by atoms with Crippen LogP contribution in [0.25, 0.3) is 0 Å². The van der Waals surface area contributed by atoms with Crippen LogP contribution in [0.1, 0.15) is 194 Å². The Balaban J connectivity index is 4.14. The lowest BCUT2D eigenvalue weighted by Crippen LogP contribution is -2.28. The number of rotatable bonds is 42. The Morgan fingerprint density at radius 3 is 1.46 bits per heavy atom. The first-order chi connectivity index (χ1) is 26.4. The molecule has 316 valence electrons. The van der Waals surface area contributed by atoms with Gasteiger partial charge in [-0.3, -0.25) is 13.8 Å². The Labute approximate surface area is 332 Å². The zero-order valence-corrected chi connectivity index (χ0v) is 35.8. The van der Waals surface area contributed by atoms with Crippen molar-refractivity contribution in [2.45, 2.75) is 200 Å². The van der Waals surface area contributed by atoms with Crippen LogP contribution in [0.15, 0.2) is 48.6 Å². The van der Waals surface area contributed by atoms with Gasteiger partial charge in [-0.05, 0) is 44.9 Å². The van der Waals surface area contributed by atoms with E-state index in [1.54, 1.807) is 0 Å². The fourth-order valence-electron chi connectivity index (χ4n) is 6.00. The van der Waals surface area contributed by atoms with Crippen LogP contribution in [0, 0.1) is 0 Å². The Hall–Kier alpha value is -1.54. The lowest BCUT2D eigenvalue weighted by molar-refractivity contribution is -0.154. The van der Waals surface area contributed by atoms with Crippen molar-refractivity contribution < 1.29 is 32.8 Å². The molecule has 0 aliphatic rings. The minimum Gasteiger partial charge on any atom is -0.457 e. The van der Waals surface area contributed by atoms with Gasteiger partial charge in [0, 0.05) is 19.6 Å². The van der Waals surface area contributed by atoms with Gasteiger partial charge < -0.3 is 20.1 Å². The van der Waals surface area contributed by atoms with Crippen LogP contribution in [-0.4, -0.2) is 49.9 Å². The van der Waals surface area contributed by atoms with Crippen LogP contribution < -0.4 is 5.73 Å². The molecule has 0 amide bonds. The lowest BCUT2D eigenvalue weighted by Gasteiger charge is -2.20. The number of phosphoric acid groups is 1. The molecule has 9 heteroatoms. The van der Waals surface area contributed by atoms with Crippen molar-refractivity contribution in [3.05, 3.63) is 48.6 Å². The molecular formula is C45H84NO7P. The summed E-state index contributed by atoms with van der Waals surface area (Å²) in [5.41, 5.74) is 5.36. The molecule has 0 aliphatic heterocycles. The maximum Gasteiger partial charge on any atom is 0.472 e. The van der Waals surface area contributed by atoms with Crippen molar-refractivity contribution in [2.24, 2.45) is 5.73 Å². The largest absolute Gasteiger partial charge is 0.472 e. The molecule has 2 unspecified atom stereocenters. The van der Waals surface area contributed by atoms with Gasteiger partial charge in [0.15, 0.2) is 0 Å². The summed E-state index contributed by atoms with van der Waals surface area (Å²) in [5, 5.41) is 0. The maximum atomic E-state index is 12.6. The number of hydrogen-bond donors (Lipinski definition) is 2. The summed E-state index contributed by atoms with van der Waals surface area (Å²) in [4.78, 5) is 22.4. The highest BCUT2D eigenvalue weighted by atomic mass is 31.2. The third kappa shape index (κ3) is 41.6. The molecule has 0 aromatic carbocycles. The first-order valence-corrected chi connectivity index (χ1v) is 23.6. The second-order valence-corrected chi connectivity index (χ2v) is 16.0. The number of carbonyl (C=O) groups excluding carboxylic acids is 1. The van der Waals surface area contributed by atoms with Crippen LogP contribution in [0.5, 0.6) is 0 Å². The van der Waals surface area contributed by atoms with E-state index in [9.17, 15) is 14.3 Å². The van der Waals surface area contributed by atoms with Crippen molar-refractivity contribution in [3.63, 3.8) is 0 Å². The van der Waals surface area contributed by atoms with Crippen LogP contribution in [0.2, 0.25) is 0 Å². The number of carbonyl (C=O) groups is 1. The predicted octanol–water partition coefficient (Wildman–Crippen LogP) is 13.2. The molecular weight excluding hydrogens is 697 g/mol. The van der Waals surface area contributed by atoms with Gasteiger partial charge in [0.1, 0.15) is 6.10 Å². The summed E-state index contributed by atoms with van der Waals surface area (Å²) in [7, 11) is -4.29. The van der Waals surface area contributed by atoms with E-state index in [2.05, 4.69) is 50.3 Å². The molecule has 0 fully saturated rings. The fourth-order valence-corrected chi connectivity index (χ4v) is 6.77. The van der Waals surface area contributed by atoms with Crippen molar-refractivity contribution in [1.82, 2.24) is 0 Å². The average molecular weight is 782 g/mol. The minimum atomic E-state index is -4.29. The van der Waals surface area contributed by atoms with Crippen LogP contribution in [0.3, 0.4) is 0 Å². The quantitative estimate of drug-likeness (QED) is 0.0272. The zero-order chi connectivity index (χ0) is 39.5. The lowest BCUT2D eigenvalue weighted by atomic mass is 10.0. The monoisotopic (exact) mass is 782 g/mol. The van der Waals surface area contributed by atoms with Gasteiger partial charge in [0.25, 0.3) is 0 Å². The molecule has 0 aliphatic carbocycles. The summed E-state index contributed by atoms with van der Waals surface area (Å²) in [6.07, 6.45) is 50.0. The fraction of sp³-hybridized carbons (Fsp3) is 0.800. The van der Waals surface area contributed by atoms with Crippen molar-refractivity contribution >= 4 is 13.8 Å². The highest BCUT2D eigenvalue weighted by Gasteiger charge is 2.25. The van der Waals surface area contributed by atoms with Crippen molar-refractivity contribution in [3.8, 4) is 0 Å². The van der Waals surface area contributed by atoms with Crippen LogP contribution >= 0.6 is 7.82 Å². The Kier molecular flexibility index (Phi) is 41.4. The molecule has 3 N–H and O–H groups in total. The molecule has 0 spiro atoms. The van der Waals surface area contributed by atoms with Gasteiger partial charge in [-0.1, -0.05) is 191 Å². The number of unbranched alkanes of at least 4 members (excludes halogenated alkanes) is 21. The summed E-state index contributed by atoms with van der Waals surface area (Å²) in [6.45, 7) is 4.84. The normalized spacial score (nSPS) is 13.9. The molecule has 8 nitrogen and oxygen atoms in total. The number of phosphoric ester groups is 1. The topological polar surface area (TPSA) is 117 Å². The third-order valence-corrected chi connectivity index (χ3v) is 10.2. The molecule has 0 aromatic rings. The van der Waals surface area contributed by atoms with Gasteiger partial charge in [-0.2, -0.15) is 0 Å². The molecule has 0 rings (SSSR count). The van der Waals surface area contributed by atoms with E-state index in [1.807, 2.05) is 12.2 Å². The van der Waals surface area contributed by atoms with Crippen LogP contribution in [0.4, 0.5) is 0 Å². The van der Waals surface area contributed by atoms with E-state index in [0.29, 0.717) is 13.0 Å². The highest BCUT2D eigenvalue weighted by molar-refractivity contribution is 7.47. The Morgan fingerprint density at radius 2 is 0.981 bits per heavy atom. The van der Waals surface area contributed by atoms with E-state index < -0.39 is 19.9 Å². The van der Waals surface area contributed by atoms with Gasteiger partial charge in [-0.15, -0.1) is 0 Å². The predicted molar refractivity (Wildman–Crippen MR) is 229 cm³/mol. The summed E-state index contributed by atoms with van der Waals surface area (Å²) < 4.78 is 33.3. The second kappa shape index (κ2) is 42.6. The standard InChI is InChI=1S/C45H84NO7P/c1-3-5-7-9-11-13-15-17-19-21-22-23-24-26-28-30-32-34-36-38-45(47)53-44(43-52-54(48,49)51-41-39-46)42-50-40-37-35-33-31-29-27-25-20-18-16-14-12-10-8-6-4-2/h17,19,22-23,26,28,32,34,44H,3-16,18,20-21,24-25,27,29-31,33,35-43,46H2,1-2H3,(H,48,49). The van der Waals surface area contributed by atoms with E-state index in [0.717, 1.165) is 32.1 Å². The number of ether oxygens (including phenoxy) is 2. The SMILES string of the molecule is CCCCCCCCC=CCC=CCC=CCC=CCCC(=O)OC(COCCCCCCCCCCCCCCCCCC)COP(=O)(O)OCCN. The summed E-state index contributed by atoms with van der Waals surface area (Å²) in [6, 6.07) is 0. The Morgan fingerprint density at radius 1 is 0.556 bits per heavy atom. The second-order valence-electron chi connectivity index (χ2n) is 14.6. The molecule has 2 atom stereocenters. The molecule has 54 heavy (non-hydrogen) atoms. The molecule has 0 bridgehead atoms.